The van der Waals surface area contributed by atoms with Crippen LogP contribution < -0.4 is 10.2 Å². The normalized spacial score (nSPS) is 14.9. The lowest BCUT2D eigenvalue weighted by Crippen LogP contribution is -2.30. The smallest absolute Gasteiger partial charge is 0.318 e. The van der Waals surface area contributed by atoms with E-state index in [1.54, 1.807) is 0 Å². The van der Waals surface area contributed by atoms with Crippen LogP contribution in [0.5, 0.6) is 0 Å². The standard InChI is InChI=1S/C20H18ClFN4O2/c21-16-12-14(22)8-9-15(16)18(27)23-17(13-6-2-1-3-7-13)19-24-25-20(28-19)26-10-4-5-11-26/h1-3,6-9,12,17H,4-5,10-11H2,(H,23,27)/t17-/m1/s1. The average Bonchev–Trinajstić information content (AvgIpc) is 3.38. The Bertz CT molecular complexity index is 973. The van der Waals surface area contributed by atoms with E-state index in [0.717, 1.165) is 37.6 Å². The van der Waals surface area contributed by atoms with E-state index in [0.29, 0.717) is 6.01 Å². The van der Waals surface area contributed by atoms with Gasteiger partial charge in [0.2, 0.25) is 5.89 Å². The summed E-state index contributed by atoms with van der Waals surface area (Å²) >= 11 is 6.03. The van der Waals surface area contributed by atoms with Gasteiger partial charge in [0.1, 0.15) is 11.9 Å². The summed E-state index contributed by atoms with van der Waals surface area (Å²) in [7, 11) is 0. The molecule has 0 aliphatic carbocycles. The van der Waals surface area contributed by atoms with Crippen LogP contribution in [0.3, 0.4) is 0 Å². The molecule has 28 heavy (non-hydrogen) atoms. The second kappa shape index (κ2) is 7.98. The molecule has 1 aromatic heterocycles. The van der Waals surface area contributed by atoms with Crippen LogP contribution in [0.2, 0.25) is 5.02 Å². The maximum atomic E-state index is 13.3. The first kappa shape index (κ1) is 18.4. The first-order valence-corrected chi connectivity index (χ1v) is 9.39. The highest BCUT2D eigenvalue weighted by Gasteiger charge is 2.26. The number of hydrogen-bond acceptors (Lipinski definition) is 5. The number of rotatable bonds is 5. The van der Waals surface area contributed by atoms with E-state index in [9.17, 15) is 9.18 Å². The number of benzene rings is 2. The Kier molecular flexibility index (Phi) is 5.25. The lowest BCUT2D eigenvalue weighted by molar-refractivity contribution is 0.0938. The minimum atomic E-state index is -0.654. The zero-order chi connectivity index (χ0) is 19.5. The van der Waals surface area contributed by atoms with Crippen LogP contribution in [0, 0.1) is 5.82 Å². The van der Waals surface area contributed by atoms with Crippen LogP contribution in [0.25, 0.3) is 0 Å². The molecule has 1 fully saturated rings. The van der Waals surface area contributed by atoms with Crippen LogP contribution in [0.1, 0.15) is 40.7 Å². The largest absolute Gasteiger partial charge is 0.405 e. The minimum Gasteiger partial charge on any atom is -0.405 e. The fraction of sp³-hybridized carbons (Fsp3) is 0.250. The van der Waals surface area contributed by atoms with E-state index in [1.807, 2.05) is 35.2 Å². The van der Waals surface area contributed by atoms with Crippen molar-refractivity contribution in [1.82, 2.24) is 15.5 Å². The van der Waals surface area contributed by atoms with Gasteiger partial charge in [-0.1, -0.05) is 47.0 Å². The van der Waals surface area contributed by atoms with E-state index >= 15 is 0 Å². The third-order valence-corrected chi connectivity index (χ3v) is 4.95. The van der Waals surface area contributed by atoms with Crippen LogP contribution in [-0.4, -0.2) is 29.2 Å². The SMILES string of the molecule is O=C(N[C@H](c1ccccc1)c1nnc(N2CCCC2)o1)c1ccc(F)cc1Cl. The van der Waals surface area contributed by atoms with Gasteiger partial charge in [0.15, 0.2) is 0 Å². The second-order valence-corrected chi connectivity index (χ2v) is 6.97. The van der Waals surface area contributed by atoms with E-state index in [4.69, 9.17) is 16.0 Å². The number of anilines is 1. The molecular formula is C20H18ClFN4O2. The fourth-order valence-corrected chi connectivity index (χ4v) is 3.45. The Morgan fingerprint density at radius 2 is 1.89 bits per heavy atom. The number of nitrogens with one attached hydrogen (secondary N) is 1. The molecule has 0 spiro atoms. The summed E-state index contributed by atoms with van der Waals surface area (Å²) in [6, 6.07) is 12.7. The van der Waals surface area contributed by atoms with Crippen molar-refractivity contribution in [2.24, 2.45) is 0 Å². The first-order valence-electron chi connectivity index (χ1n) is 9.01. The highest BCUT2D eigenvalue weighted by molar-refractivity contribution is 6.33. The molecule has 0 radical (unpaired) electrons. The third-order valence-electron chi connectivity index (χ3n) is 4.64. The van der Waals surface area contributed by atoms with Gasteiger partial charge in [-0.2, -0.15) is 0 Å². The highest BCUT2D eigenvalue weighted by Crippen LogP contribution is 2.26. The highest BCUT2D eigenvalue weighted by atomic mass is 35.5. The summed E-state index contributed by atoms with van der Waals surface area (Å²) in [5.74, 6) is -0.687. The Morgan fingerprint density at radius 1 is 1.14 bits per heavy atom. The number of hydrogen-bond donors (Lipinski definition) is 1. The van der Waals surface area contributed by atoms with Gasteiger partial charge >= 0.3 is 6.01 Å². The molecule has 1 amide bonds. The molecule has 144 valence electrons. The van der Waals surface area contributed by atoms with Crippen LogP contribution in [0.15, 0.2) is 52.9 Å². The topological polar surface area (TPSA) is 71.3 Å². The Morgan fingerprint density at radius 3 is 2.61 bits per heavy atom. The van der Waals surface area contributed by atoms with Gasteiger partial charge in [-0.05, 0) is 36.6 Å². The first-order chi connectivity index (χ1) is 13.6. The Balaban J connectivity index is 1.63. The van der Waals surface area contributed by atoms with Crippen molar-refractivity contribution in [2.45, 2.75) is 18.9 Å². The van der Waals surface area contributed by atoms with Gasteiger partial charge in [-0.15, -0.1) is 5.10 Å². The molecule has 4 rings (SSSR count). The zero-order valence-electron chi connectivity index (χ0n) is 14.9. The molecule has 8 heteroatoms. The maximum Gasteiger partial charge on any atom is 0.318 e. The van der Waals surface area contributed by atoms with Gasteiger partial charge in [-0.25, -0.2) is 4.39 Å². The number of carbonyl (C=O) groups excluding carboxylic acids is 1. The number of carbonyl (C=O) groups is 1. The fourth-order valence-electron chi connectivity index (χ4n) is 3.19. The van der Waals surface area contributed by atoms with Gasteiger partial charge < -0.3 is 14.6 Å². The van der Waals surface area contributed by atoms with Crippen LogP contribution in [-0.2, 0) is 0 Å². The third kappa shape index (κ3) is 3.84. The molecule has 0 unspecified atom stereocenters. The number of halogens is 2. The molecule has 2 aromatic carbocycles. The quantitative estimate of drug-likeness (QED) is 0.701. The lowest BCUT2D eigenvalue weighted by Gasteiger charge is -2.17. The van der Waals surface area contributed by atoms with E-state index < -0.39 is 17.8 Å². The predicted octanol–water partition coefficient (Wildman–Crippen LogP) is 3.98. The molecule has 1 atom stereocenters. The molecule has 1 saturated heterocycles. The molecular weight excluding hydrogens is 383 g/mol. The van der Waals surface area contributed by atoms with E-state index in [1.165, 1.54) is 12.1 Å². The minimum absolute atomic E-state index is 0.0348. The molecule has 6 nitrogen and oxygen atoms in total. The monoisotopic (exact) mass is 400 g/mol. The van der Waals surface area contributed by atoms with E-state index in [-0.39, 0.29) is 16.5 Å². The van der Waals surface area contributed by atoms with Crippen molar-refractivity contribution in [3.8, 4) is 0 Å². The van der Waals surface area contributed by atoms with Crippen LogP contribution in [0.4, 0.5) is 10.4 Å². The van der Waals surface area contributed by atoms with Crippen molar-refractivity contribution >= 4 is 23.5 Å². The second-order valence-electron chi connectivity index (χ2n) is 6.56. The summed E-state index contributed by atoms with van der Waals surface area (Å²) < 4.78 is 19.2. The molecule has 1 N–H and O–H groups in total. The zero-order valence-corrected chi connectivity index (χ0v) is 15.7. The van der Waals surface area contributed by atoms with Crippen molar-refractivity contribution < 1.29 is 13.6 Å². The maximum absolute atomic E-state index is 13.3. The van der Waals surface area contributed by atoms with Gasteiger partial charge in [-0.3, -0.25) is 4.79 Å². The number of amides is 1. The Labute approximate surface area is 166 Å². The number of aromatic nitrogens is 2. The van der Waals surface area contributed by atoms with Gasteiger partial charge in [0, 0.05) is 13.1 Å². The summed E-state index contributed by atoms with van der Waals surface area (Å²) in [4.78, 5) is 14.8. The van der Waals surface area contributed by atoms with Gasteiger partial charge in [0.25, 0.3) is 5.91 Å². The molecule has 0 bridgehead atoms. The predicted molar refractivity (Wildman–Crippen MR) is 103 cm³/mol. The van der Waals surface area contributed by atoms with Crippen molar-refractivity contribution in [3.63, 3.8) is 0 Å². The summed E-state index contributed by atoms with van der Waals surface area (Å²) in [6.07, 6.45) is 2.17. The van der Waals surface area contributed by atoms with Crippen LogP contribution >= 0.6 is 11.6 Å². The summed E-state index contributed by atoms with van der Waals surface area (Å²) in [6.45, 7) is 1.74. The van der Waals surface area contributed by atoms with E-state index in [2.05, 4.69) is 15.5 Å². The molecule has 1 aliphatic heterocycles. The average molecular weight is 401 g/mol. The molecule has 0 saturated carbocycles. The van der Waals surface area contributed by atoms with Crippen molar-refractivity contribution in [3.05, 3.63) is 76.4 Å². The Hall–Kier alpha value is -2.93. The lowest BCUT2D eigenvalue weighted by atomic mass is 10.1. The van der Waals surface area contributed by atoms with Crippen molar-refractivity contribution in [1.29, 1.82) is 0 Å². The van der Waals surface area contributed by atoms with Crippen molar-refractivity contribution in [2.75, 3.05) is 18.0 Å². The summed E-state index contributed by atoms with van der Waals surface area (Å²) in [5.41, 5.74) is 0.953. The van der Waals surface area contributed by atoms with Gasteiger partial charge in [0.05, 0.1) is 10.6 Å². The molecule has 3 aromatic rings. The number of nitrogens with zero attached hydrogens (tertiary/aromatic N) is 3. The summed E-state index contributed by atoms with van der Waals surface area (Å²) in [5, 5.41) is 11.2. The molecule has 1 aliphatic rings. The molecule has 2 heterocycles.